The largest absolute Gasteiger partial charge is 0.444 e. The SMILES string of the molecule is Cc1ccc(Cl)cc1N1C(=NC(=O)CNC(=O)OC(C)(C)C)S[C@H]2CS(=O)(=O)C[C@@H]21. The van der Waals surface area contributed by atoms with E-state index in [1.807, 2.05) is 13.0 Å². The van der Waals surface area contributed by atoms with Gasteiger partial charge in [-0.3, -0.25) is 4.79 Å². The van der Waals surface area contributed by atoms with E-state index in [4.69, 9.17) is 16.3 Å². The van der Waals surface area contributed by atoms with Crippen molar-refractivity contribution in [3.05, 3.63) is 28.8 Å². The van der Waals surface area contributed by atoms with Crippen LogP contribution in [0.2, 0.25) is 5.02 Å². The van der Waals surface area contributed by atoms with Gasteiger partial charge in [0.1, 0.15) is 12.1 Å². The van der Waals surface area contributed by atoms with E-state index in [0.717, 1.165) is 5.56 Å². The number of anilines is 1. The molecule has 1 aromatic rings. The number of amidine groups is 1. The predicted molar refractivity (Wildman–Crippen MR) is 119 cm³/mol. The number of carbonyl (C=O) groups is 2. The summed E-state index contributed by atoms with van der Waals surface area (Å²) in [4.78, 5) is 30.1. The molecule has 164 valence electrons. The Morgan fingerprint density at radius 1 is 1.33 bits per heavy atom. The lowest BCUT2D eigenvalue weighted by atomic mass is 10.1. The first kappa shape index (κ1) is 22.9. The van der Waals surface area contributed by atoms with Gasteiger partial charge in [0.15, 0.2) is 15.0 Å². The fourth-order valence-electron chi connectivity index (χ4n) is 3.30. The number of hydrogen-bond donors (Lipinski definition) is 1. The Morgan fingerprint density at radius 3 is 2.70 bits per heavy atom. The maximum Gasteiger partial charge on any atom is 0.408 e. The van der Waals surface area contributed by atoms with Crippen molar-refractivity contribution in [3.63, 3.8) is 0 Å². The van der Waals surface area contributed by atoms with Gasteiger partial charge in [-0.1, -0.05) is 29.4 Å². The van der Waals surface area contributed by atoms with Gasteiger partial charge >= 0.3 is 6.09 Å². The van der Waals surface area contributed by atoms with Crippen LogP contribution < -0.4 is 10.2 Å². The van der Waals surface area contributed by atoms with Crippen molar-refractivity contribution in [1.29, 1.82) is 0 Å². The van der Waals surface area contributed by atoms with Gasteiger partial charge in [0, 0.05) is 16.0 Å². The molecule has 2 saturated heterocycles. The molecule has 11 heteroatoms. The number of nitrogens with one attached hydrogen (secondary N) is 1. The molecule has 0 aromatic heterocycles. The second-order valence-corrected chi connectivity index (χ2v) is 12.0. The number of carbonyl (C=O) groups excluding carboxylic acids is 2. The van der Waals surface area contributed by atoms with Crippen molar-refractivity contribution in [2.24, 2.45) is 4.99 Å². The maximum absolute atomic E-state index is 12.4. The molecule has 2 fully saturated rings. The van der Waals surface area contributed by atoms with E-state index in [9.17, 15) is 18.0 Å². The van der Waals surface area contributed by atoms with Gasteiger partial charge in [0.05, 0.1) is 17.5 Å². The second kappa shape index (κ2) is 8.39. The average molecular weight is 474 g/mol. The number of nitrogens with zero attached hydrogens (tertiary/aromatic N) is 2. The summed E-state index contributed by atoms with van der Waals surface area (Å²) in [7, 11) is -3.17. The maximum atomic E-state index is 12.4. The van der Waals surface area contributed by atoms with Crippen LogP contribution in [0.5, 0.6) is 0 Å². The number of thioether (sulfide) groups is 1. The lowest BCUT2D eigenvalue weighted by Crippen LogP contribution is -2.39. The van der Waals surface area contributed by atoms with Crippen molar-refractivity contribution in [2.45, 2.75) is 44.6 Å². The molecular weight excluding hydrogens is 450 g/mol. The highest BCUT2D eigenvalue weighted by molar-refractivity contribution is 8.16. The Labute approximate surface area is 185 Å². The smallest absolute Gasteiger partial charge is 0.408 e. The zero-order chi connectivity index (χ0) is 22.3. The van der Waals surface area contributed by atoms with E-state index >= 15 is 0 Å². The Hall–Kier alpha value is -1.78. The van der Waals surface area contributed by atoms with Crippen molar-refractivity contribution in [2.75, 3.05) is 23.0 Å². The third kappa shape index (κ3) is 5.47. The zero-order valence-electron chi connectivity index (χ0n) is 17.1. The van der Waals surface area contributed by atoms with Gasteiger partial charge in [-0.05, 0) is 45.4 Å². The van der Waals surface area contributed by atoms with E-state index in [-0.39, 0.29) is 29.3 Å². The minimum Gasteiger partial charge on any atom is -0.444 e. The predicted octanol–water partition coefficient (Wildman–Crippen LogP) is 2.77. The number of ether oxygens (including phenoxy) is 1. The first-order chi connectivity index (χ1) is 13.8. The third-order valence-electron chi connectivity index (χ3n) is 4.50. The molecule has 8 nitrogen and oxygen atoms in total. The highest BCUT2D eigenvalue weighted by atomic mass is 35.5. The number of amides is 2. The topological polar surface area (TPSA) is 105 Å². The molecule has 0 bridgehead atoms. The van der Waals surface area contributed by atoms with E-state index in [1.165, 1.54) is 11.8 Å². The number of sulfone groups is 1. The van der Waals surface area contributed by atoms with Gasteiger partial charge < -0.3 is 15.0 Å². The normalized spacial score (nSPS) is 24.0. The molecule has 2 aliphatic heterocycles. The molecule has 3 rings (SSSR count). The average Bonchev–Trinajstić information content (AvgIpc) is 3.04. The van der Waals surface area contributed by atoms with E-state index in [1.54, 1.807) is 37.8 Å². The molecule has 2 amide bonds. The molecule has 0 aliphatic carbocycles. The summed E-state index contributed by atoms with van der Waals surface area (Å²) in [5, 5.41) is 3.07. The highest BCUT2D eigenvalue weighted by Gasteiger charge is 2.49. The van der Waals surface area contributed by atoms with Gasteiger partial charge in [0.25, 0.3) is 5.91 Å². The van der Waals surface area contributed by atoms with Gasteiger partial charge in [-0.25, -0.2) is 13.2 Å². The van der Waals surface area contributed by atoms with E-state index in [2.05, 4.69) is 10.3 Å². The first-order valence-electron chi connectivity index (χ1n) is 9.35. The molecule has 1 N–H and O–H groups in total. The summed E-state index contributed by atoms with van der Waals surface area (Å²) >= 11 is 7.43. The van der Waals surface area contributed by atoms with Crippen molar-refractivity contribution < 1.29 is 22.7 Å². The Kier molecular flexibility index (Phi) is 6.41. The van der Waals surface area contributed by atoms with Crippen molar-refractivity contribution >= 4 is 56.1 Å². The molecule has 0 spiro atoms. The molecule has 0 unspecified atom stereocenters. The molecule has 2 aliphatic rings. The van der Waals surface area contributed by atoms with Crippen LogP contribution >= 0.6 is 23.4 Å². The molecular formula is C19H24ClN3O5S2. The van der Waals surface area contributed by atoms with Gasteiger partial charge in [-0.2, -0.15) is 4.99 Å². The monoisotopic (exact) mass is 473 g/mol. The minimum atomic E-state index is -3.17. The van der Waals surface area contributed by atoms with Gasteiger partial charge in [-0.15, -0.1) is 0 Å². The summed E-state index contributed by atoms with van der Waals surface area (Å²) < 4.78 is 29.4. The fraction of sp³-hybridized carbons (Fsp3) is 0.526. The standard InChI is InChI=1S/C19H24ClN3O5S2/c1-11-5-6-12(20)7-13(11)23-14-9-30(26,27)10-15(14)29-17(23)22-16(24)8-21-18(25)28-19(2,3)4/h5-7,14-15H,8-10H2,1-4H3,(H,21,25)/t14-,15-/m0/s1. The van der Waals surface area contributed by atoms with Crippen LogP contribution in [-0.4, -0.2) is 60.5 Å². The Bertz CT molecular complexity index is 1000. The highest BCUT2D eigenvalue weighted by Crippen LogP contribution is 2.42. The fourth-order valence-corrected chi connectivity index (χ4v) is 7.39. The van der Waals surface area contributed by atoms with E-state index in [0.29, 0.717) is 15.9 Å². The quantitative estimate of drug-likeness (QED) is 0.719. The number of aliphatic imine (C=N–C) groups is 1. The molecule has 1 aromatic carbocycles. The van der Waals surface area contributed by atoms with E-state index < -0.39 is 27.4 Å². The molecule has 0 saturated carbocycles. The van der Waals surface area contributed by atoms with Crippen LogP contribution in [0.4, 0.5) is 10.5 Å². The molecule has 2 heterocycles. The van der Waals surface area contributed by atoms with Crippen molar-refractivity contribution in [1.82, 2.24) is 5.32 Å². The molecule has 0 radical (unpaired) electrons. The Balaban J connectivity index is 1.83. The lowest BCUT2D eigenvalue weighted by molar-refractivity contribution is -0.117. The van der Waals surface area contributed by atoms with Crippen LogP contribution in [0.3, 0.4) is 0 Å². The molecule has 30 heavy (non-hydrogen) atoms. The van der Waals surface area contributed by atoms with Gasteiger partial charge in [0.2, 0.25) is 0 Å². The van der Waals surface area contributed by atoms with Crippen LogP contribution in [-0.2, 0) is 19.4 Å². The summed E-state index contributed by atoms with van der Waals surface area (Å²) in [6, 6.07) is 4.99. The van der Waals surface area contributed by atoms with Crippen LogP contribution in [0, 0.1) is 6.92 Å². The number of rotatable bonds is 3. The third-order valence-corrected chi connectivity index (χ3v) is 7.95. The number of alkyl carbamates (subject to hydrolysis) is 1. The minimum absolute atomic E-state index is 0.0139. The van der Waals surface area contributed by atoms with Crippen LogP contribution in [0.15, 0.2) is 23.2 Å². The summed E-state index contributed by atoms with van der Waals surface area (Å²) in [5.41, 5.74) is 0.924. The van der Waals surface area contributed by atoms with Crippen molar-refractivity contribution in [3.8, 4) is 0 Å². The zero-order valence-corrected chi connectivity index (χ0v) is 19.5. The first-order valence-corrected chi connectivity index (χ1v) is 12.4. The number of benzene rings is 1. The summed E-state index contributed by atoms with van der Waals surface area (Å²) in [5.74, 6) is -0.544. The molecule has 2 atom stereocenters. The number of aryl methyl sites for hydroxylation is 1. The lowest BCUT2D eigenvalue weighted by Gasteiger charge is -2.26. The second-order valence-electron chi connectivity index (χ2n) is 8.24. The number of fused-ring (bicyclic) bond motifs is 1. The number of hydrogen-bond acceptors (Lipinski definition) is 6. The van der Waals surface area contributed by atoms with Crippen LogP contribution in [0.1, 0.15) is 26.3 Å². The summed E-state index contributed by atoms with van der Waals surface area (Å²) in [6.45, 7) is 6.73. The summed E-state index contributed by atoms with van der Waals surface area (Å²) in [6.07, 6.45) is -0.708. The van der Waals surface area contributed by atoms with Crippen LogP contribution in [0.25, 0.3) is 0 Å². The Morgan fingerprint density at radius 2 is 2.03 bits per heavy atom. The number of halogens is 1.